The van der Waals surface area contributed by atoms with Gasteiger partial charge in [0.1, 0.15) is 0 Å². The molecule has 0 saturated heterocycles. The first-order valence-electron chi connectivity index (χ1n) is 7.20. The van der Waals surface area contributed by atoms with Crippen LogP contribution < -0.4 is 5.32 Å². The van der Waals surface area contributed by atoms with Crippen LogP contribution in [0.25, 0.3) is 0 Å². The highest BCUT2D eigenvalue weighted by Crippen LogP contribution is 2.26. The molecule has 2 aromatic carbocycles. The second-order valence-electron chi connectivity index (χ2n) is 5.14. The highest BCUT2D eigenvalue weighted by molar-refractivity contribution is 8.00. The standard InChI is InChI=1S/C17H16N2O4S/c1-11(20)13-4-3-5-14(10-13)18-17(21)12(2)24-16-8-6-15(7-9-16)19(22)23/h3-10,12H,1-2H3,(H,18,21)/t12-/m1/s1. The topological polar surface area (TPSA) is 89.3 Å². The molecule has 2 rings (SSSR count). The molecule has 0 radical (unpaired) electrons. The molecule has 0 bridgehead atoms. The largest absolute Gasteiger partial charge is 0.325 e. The highest BCUT2D eigenvalue weighted by Gasteiger charge is 2.15. The van der Waals surface area contributed by atoms with Crippen LogP contribution in [0.2, 0.25) is 0 Å². The smallest absolute Gasteiger partial charge is 0.269 e. The van der Waals surface area contributed by atoms with E-state index in [1.165, 1.54) is 30.8 Å². The zero-order chi connectivity index (χ0) is 17.7. The Bertz CT molecular complexity index is 774. The Morgan fingerprint density at radius 3 is 2.42 bits per heavy atom. The number of carbonyl (C=O) groups excluding carboxylic acids is 2. The van der Waals surface area contributed by atoms with Gasteiger partial charge < -0.3 is 5.32 Å². The maximum absolute atomic E-state index is 12.2. The highest BCUT2D eigenvalue weighted by atomic mass is 32.2. The van der Waals surface area contributed by atoms with Crippen molar-refractivity contribution in [3.05, 3.63) is 64.2 Å². The van der Waals surface area contributed by atoms with E-state index in [0.29, 0.717) is 11.3 Å². The van der Waals surface area contributed by atoms with Crippen molar-refractivity contribution < 1.29 is 14.5 Å². The van der Waals surface area contributed by atoms with Crippen LogP contribution in [0.5, 0.6) is 0 Å². The molecule has 0 fully saturated rings. The molecule has 0 spiro atoms. The summed E-state index contributed by atoms with van der Waals surface area (Å²) in [6, 6.07) is 12.8. The minimum absolute atomic E-state index is 0.0116. The zero-order valence-corrected chi connectivity index (χ0v) is 14.0. The van der Waals surface area contributed by atoms with Crippen molar-refractivity contribution in [3.63, 3.8) is 0 Å². The number of nitro benzene ring substituents is 1. The molecule has 0 aliphatic heterocycles. The van der Waals surface area contributed by atoms with Crippen molar-refractivity contribution in [1.82, 2.24) is 0 Å². The summed E-state index contributed by atoms with van der Waals surface area (Å²) in [5.41, 5.74) is 1.10. The third-order valence-electron chi connectivity index (χ3n) is 3.27. The van der Waals surface area contributed by atoms with E-state index in [9.17, 15) is 19.7 Å². The first kappa shape index (κ1) is 17.7. The van der Waals surface area contributed by atoms with Crippen LogP contribution in [0, 0.1) is 10.1 Å². The van der Waals surface area contributed by atoms with E-state index < -0.39 is 10.2 Å². The van der Waals surface area contributed by atoms with Crippen LogP contribution in [0.15, 0.2) is 53.4 Å². The number of hydrogen-bond donors (Lipinski definition) is 1. The fraction of sp³-hybridized carbons (Fsp3) is 0.176. The number of ketones is 1. The number of anilines is 1. The molecule has 124 valence electrons. The molecule has 0 aliphatic carbocycles. The van der Waals surface area contributed by atoms with Crippen molar-refractivity contribution in [3.8, 4) is 0 Å². The lowest BCUT2D eigenvalue weighted by Gasteiger charge is -2.12. The van der Waals surface area contributed by atoms with E-state index in [0.717, 1.165) is 4.90 Å². The number of thioether (sulfide) groups is 1. The first-order chi connectivity index (χ1) is 11.4. The van der Waals surface area contributed by atoms with Crippen molar-refractivity contribution in [2.24, 2.45) is 0 Å². The second kappa shape index (κ2) is 7.74. The minimum Gasteiger partial charge on any atom is -0.325 e. The number of nitro groups is 1. The van der Waals surface area contributed by atoms with Crippen LogP contribution in [0.1, 0.15) is 24.2 Å². The van der Waals surface area contributed by atoms with Crippen LogP contribution in [-0.4, -0.2) is 21.9 Å². The number of hydrogen-bond acceptors (Lipinski definition) is 5. The summed E-state index contributed by atoms with van der Waals surface area (Å²) in [4.78, 5) is 34.5. The Labute approximate surface area is 143 Å². The number of carbonyl (C=O) groups is 2. The first-order valence-corrected chi connectivity index (χ1v) is 8.08. The lowest BCUT2D eigenvalue weighted by molar-refractivity contribution is -0.384. The normalized spacial score (nSPS) is 11.6. The van der Waals surface area contributed by atoms with Gasteiger partial charge >= 0.3 is 0 Å². The van der Waals surface area contributed by atoms with Crippen molar-refractivity contribution in [1.29, 1.82) is 0 Å². The quantitative estimate of drug-likeness (QED) is 0.371. The van der Waals surface area contributed by atoms with Crippen molar-refractivity contribution >= 4 is 34.8 Å². The van der Waals surface area contributed by atoms with Gasteiger partial charge in [-0.3, -0.25) is 19.7 Å². The van der Waals surface area contributed by atoms with Gasteiger partial charge in [-0.15, -0.1) is 11.8 Å². The molecule has 1 amide bonds. The minimum atomic E-state index is -0.466. The van der Waals surface area contributed by atoms with E-state index >= 15 is 0 Å². The van der Waals surface area contributed by atoms with E-state index in [-0.39, 0.29) is 17.4 Å². The number of benzene rings is 2. The average Bonchev–Trinajstić information content (AvgIpc) is 2.55. The maximum atomic E-state index is 12.2. The molecular formula is C17H16N2O4S. The Morgan fingerprint density at radius 1 is 1.17 bits per heavy atom. The van der Waals surface area contributed by atoms with Crippen LogP contribution >= 0.6 is 11.8 Å². The maximum Gasteiger partial charge on any atom is 0.269 e. The lowest BCUT2D eigenvalue weighted by Crippen LogP contribution is -2.22. The third-order valence-corrected chi connectivity index (χ3v) is 4.38. The molecule has 6 nitrogen and oxygen atoms in total. The van der Waals surface area contributed by atoms with Gasteiger partial charge in [0.05, 0.1) is 10.2 Å². The molecule has 0 aliphatic rings. The van der Waals surface area contributed by atoms with Gasteiger partial charge in [-0.05, 0) is 38.1 Å². The zero-order valence-electron chi connectivity index (χ0n) is 13.2. The van der Waals surface area contributed by atoms with E-state index in [4.69, 9.17) is 0 Å². The molecule has 0 saturated carbocycles. The Kier molecular flexibility index (Phi) is 5.70. The van der Waals surface area contributed by atoms with Crippen LogP contribution in [-0.2, 0) is 4.79 Å². The second-order valence-corrected chi connectivity index (χ2v) is 6.55. The summed E-state index contributed by atoms with van der Waals surface area (Å²) in [5, 5.41) is 13.0. The molecule has 0 unspecified atom stereocenters. The molecule has 2 aromatic rings. The van der Waals surface area contributed by atoms with Gasteiger partial charge in [0.2, 0.25) is 5.91 Å². The van der Waals surface area contributed by atoms with Gasteiger partial charge in [0.15, 0.2) is 5.78 Å². The molecule has 1 atom stereocenters. The number of Topliss-reactive ketones (excluding diaryl/α,β-unsaturated/α-hetero) is 1. The summed E-state index contributed by atoms with van der Waals surface area (Å²) in [6.07, 6.45) is 0. The summed E-state index contributed by atoms with van der Waals surface area (Å²) in [6.45, 7) is 3.21. The fourth-order valence-corrected chi connectivity index (χ4v) is 2.83. The number of non-ortho nitro benzene ring substituents is 1. The molecule has 24 heavy (non-hydrogen) atoms. The van der Waals surface area contributed by atoms with Gasteiger partial charge in [0, 0.05) is 28.3 Å². The Morgan fingerprint density at radius 2 is 1.83 bits per heavy atom. The summed E-state index contributed by atoms with van der Waals surface area (Å²) < 4.78 is 0. The SMILES string of the molecule is CC(=O)c1cccc(NC(=O)[C@@H](C)Sc2ccc([N+](=O)[O-])cc2)c1. The van der Waals surface area contributed by atoms with E-state index in [1.807, 2.05) is 0 Å². The summed E-state index contributed by atoms with van der Waals surface area (Å²) >= 11 is 1.30. The molecule has 0 aromatic heterocycles. The van der Waals surface area contributed by atoms with E-state index in [1.54, 1.807) is 43.3 Å². The molecule has 0 heterocycles. The van der Waals surface area contributed by atoms with Crippen LogP contribution in [0.3, 0.4) is 0 Å². The van der Waals surface area contributed by atoms with Crippen molar-refractivity contribution in [2.75, 3.05) is 5.32 Å². The van der Waals surface area contributed by atoms with E-state index in [2.05, 4.69) is 5.32 Å². The Balaban J connectivity index is 2.00. The number of amides is 1. The fourth-order valence-electron chi connectivity index (χ4n) is 1.96. The average molecular weight is 344 g/mol. The third kappa shape index (κ3) is 4.66. The summed E-state index contributed by atoms with van der Waals surface area (Å²) in [5.74, 6) is -0.279. The van der Waals surface area contributed by atoms with Crippen molar-refractivity contribution in [2.45, 2.75) is 24.0 Å². The van der Waals surface area contributed by atoms with Gasteiger partial charge in [-0.1, -0.05) is 12.1 Å². The Hall–Kier alpha value is -2.67. The van der Waals surface area contributed by atoms with Crippen LogP contribution in [0.4, 0.5) is 11.4 Å². The van der Waals surface area contributed by atoms with Gasteiger partial charge in [0.25, 0.3) is 5.69 Å². The van der Waals surface area contributed by atoms with Gasteiger partial charge in [-0.25, -0.2) is 0 Å². The molecular weight excluding hydrogens is 328 g/mol. The number of nitrogens with one attached hydrogen (secondary N) is 1. The molecule has 1 N–H and O–H groups in total. The summed E-state index contributed by atoms with van der Waals surface area (Å²) in [7, 11) is 0. The number of nitrogens with zero attached hydrogens (tertiary/aromatic N) is 1. The lowest BCUT2D eigenvalue weighted by atomic mass is 10.1. The molecule has 7 heteroatoms. The predicted octanol–water partition coefficient (Wildman–Crippen LogP) is 3.92. The predicted molar refractivity (Wildman–Crippen MR) is 93.5 cm³/mol. The van der Waals surface area contributed by atoms with Gasteiger partial charge in [-0.2, -0.15) is 0 Å². The monoisotopic (exact) mass is 344 g/mol. The number of rotatable bonds is 6.